The maximum absolute atomic E-state index is 5.60. The van der Waals surface area contributed by atoms with E-state index in [9.17, 15) is 0 Å². The summed E-state index contributed by atoms with van der Waals surface area (Å²) in [6.07, 6.45) is 1.01. The minimum Gasteiger partial charge on any atom is -0.258 e. The van der Waals surface area contributed by atoms with Crippen LogP contribution in [0.25, 0.3) is 0 Å². The van der Waals surface area contributed by atoms with Gasteiger partial charge in [0.1, 0.15) is 0 Å². The van der Waals surface area contributed by atoms with E-state index in [1.165, 1.54) is 0 Å². The van der Waals surface area contributed by atoms with Gasteiger partial charge in [-0.1, -0.05) is 25.1 Å². The predicted octanol–water partition coefficient (Wildman–Crippen LogP) is 2.31. The molecule has 0 amide bonds. The molecule has 0 bridgehead atoms. The van der Waals surface area contributed by atoms with Gasteiger partial charge in [0.2, 0.25) is 0 Å². The van der Waals surface area contributed by atoms with Gasteiger partial charge in [0.15, 0.2) is 0 Å². The molecule has 0 saturated heterocycles. The van der Waals surface area contributed by atoms with E-state index in [4.69, 9.17) is 4.84 Å². The van der Waals surface area contributed by atoms with E-state index in [1.807, 2.05) is 49.4 Å². The molecule has 0 N–H and O–H groups in total. The number of rotatable bonds is 5. The first-order chi connectivity index (χ1) is 6.75. The van der Waals surface area contributed by atoms with Crippen molar-refractivity contribution < 1.29 is 4.84 Å². The molecule has 1 aromatic rings. The lowest BCUT2D eigenvalue weighted by Crippen LogP contribution is -2.37. The summed E-state index contributed by atoms with van der Waals surface area (Å²) >= 11 is 0. The molecule has 0 spiro atoms. The van der Waals surface area contributed by atoms with Gasteiger partial charge in [0, 0.05) is 14.1 Å². The molecule has 14 heavy (non-hydrogen) atoms. The summed E-state index contributed by atoms with van der Waals surface area (Å²) in [5, 5.41) is 3.72. The van der Waals surface area contributed by atoms with E-state index in [2.05, 4.69) is 6.92 Å². The topological polar surface area (TPSA) is 15.7 Å². The van der Waals surface area contributed by atoms with Gasteiger partial charge in [-0.3, -0.25) is 4.84 Å². The van der Waals surface area contributed by atoms with E-state index in [1.54, 1.807) is 5.17 Å². The molecule has 3 heteroatoms. The Morgan fingerprint density at radius 2 is 1.79 bits per heavy atom. The number of para-hydroxylation sites is 1. The lowest BCUT2D eigenvalue weighted by atomic mass is 10.3. The molecule has 0 heterocycles. The molecule has 0 aromatic heterocycles. The Hall–Kier alpha value is -1.06. The molecule has 0 unspecified atom stereocenters. The SMILES string of the molecule is CCCON(c1ccccc1)N(C)C. The van der Waals surface area contributed by atoms with Gasteiger partial charge in [0.05, 0.1) is 12.3 Å². The molecular formula is C11H18N2O. The molecule has 0 radical (unpaired) electrons. The van der Waals surface area contributed by atoms with Crippen molar-refractivity contribution in [3.05, 3.63) is 30.3 Å². The number of hydrazine groups is 1. The smallest absolute Gasteiger partial charge is 0.0825 e. The number of hydrogen-bond acceptors (Lipinski definition) is 3. The third-order valence-electron chi connectivity index (χ3n) is 1.76. The van der Waals surface area contributed by atoms with Crippen LogP contribution in [0.4, 0.5) is 5.69 Å². The van der Waals surface area contributed by atoms with Crippen LogP contribution in [0.3, 0.4) is 0 Å². The van der Waals surface area contributed by atoms with Crippen molar-refractivity contribution in [2.75, 3.05) is 25.9 Å². The van der Waals surface area contributed by atoms with Crippen molar-refractivity contribution in [2.24, 2.45) is 0 Å². The van der Waals surface area contributed by atoms with E-state index >= 15 is 0 Å². The summed E-state index contributed by atoms with van der Waals surface area (Å²) in [6.45, 7) is 2.83. The molecule has 1 aromatic carbocycles. The van der Waals surface area contributed by atoms with Gasteiger partial charge >= 0.3 is 0 Å². The van der Waals surface area contributed by atoms with Gasteiger partial charge in [-0.25, -0.2) is 5.01 Å². The molecule has 0 aliphatic rings. The molecular weight excluding hydrogens is 176 g/mol. The van der Waals surface area contributed by atoms with Crippen molar-refractivity contribution in [3.8, 4) is 0 Å². The molecule has 0 aliphatic carbocycles. The maximum Gasteiger partial charge on any atom is 0.0825 e. The highest BCUT2D eigenvalue weighted by atomic mass is 16.7. The summed E-state index contributed by atoms with van der Waals surface area (Å²) < 4.78 is 0. The highest BCUT2D eigenvalue weighted by molar-refractivity contribution is 5.42. The van der Waals surface area contributed by atoms with E-state index in [-0.39, 0.29) is 0 Å². The van der Waals surface area contributed by atoms with Crippen LogP contribution in [0, 0.1) is 0 Å². The van der Waals surface area contributed by atoms with Crippen molar-refractivity contribution in [3.63, 3.8) is 0 Å². The van der Waals surface area contributed by atoms with Crippen LogP contribution in [0.15, 0.2) is 30.3 Å². The zero-order valence-corrected chi connectivity index (χ0v) is 9.10. The van der Waals surface area contributed by atoms with E-state index in [0.717, 1.165) is 18.7 Å². The fraction of sp³-hybridized carbons (Fsp3) is 0.455. The minimum atomic E-state index is 0.729. The third-order valence-corrected chi connectivity index (χ3v) is 1.76. The van der Waals surface area contributed by atoms with Crippen molar-refractivity contribution in [1.82, 2.24) is 5.01 Å². The first-order valence-corrected chi connectivity index (χ1v) is 4.91. The zero-order chi connectivity index (χ0) is 10.4. The van der Waals surface area contributed by atoms with Gasteiger partial charge in [-0.15, -0.1) is 0 Å². The number of nitrogens with zero attached hydrogens (tertiary/aromatic N) is 2. The first kappa shape index (κ1) is 11.0. The van der Waals surface area contributed by atoms with Crippen molar-refractivity contribution in [1.29, 1.82) is 0 Å². The Kier molecular flexibility index (Phi) is 4.43. The second kappa shape index (κ2) is 5.62. The van der Waals surface area contributed by atoms with E-state index < -0.39 is 0 Å². The average molecular weight is 194 g/mol. The normalized spacial score (nSPS) is 10.6. The van der Waals surface area contributed by atoms with Crippen LogP contribution in [-0.2, 0) is 4.84 Å². The van der Waals surface area contributed by atoms with Crippen molar-refractivity contribution in [2.45, 2.75) is 13.3 Å². The molecule has 0 aliphatic heterocycles. The Morgan fingerprint density at radius 1 is 1.14 bits per heavy atom. The second-order valence-corrected chi connectivity index (χ2v) is 3.29. The molecule has 0 atom stereocenters. The summed E-state index contributed by atoms with van der Waals surface area (Å²) in [4.78, 5) is 5.60. The molecule has 78 valence electrons. The highest BCUT2D eigenvalue weighted by Crippen LogP contribution is 2.14. The van der Waals surface area contributed by atoms with Crippen molar-refractivity contribution >= 4 is 5.69 Å². The quantitative estimate of drug-likeness (QED) is 0.669. The van der Waals surface area contributed by atoms with E-state index in [0.29, 0.717) is 0 Å². The summed E-state index contributed by atoms with van der Waals surface area (Å²) in [5.74, 6) is 0. The van der Waals surface area contributed by atoms with Gasteiger partial charge in [0.25, 0.3) is 0 Å². The van der Waals surface area contributed by atoms with Gasteiger partial charge < -0.3 is 0 Å². The zero-order valence-electron chi connectivity index (χ0n) is 9.10. The second-order valence-electron chi connectivity index (χ2n) is 3.29. The maximum atomic E-state index is 5.60. The fourth-order valence-corrected chi connectivity index (χ4v) is 1.15. The Balaban J connectivity index is 2.68. The first-order valence-electron chi connectivity index (χ1n) is 4.91. The largest absolute Gasteiger partial charge is 0.258 e. The monoisotopic (exact) mass is 194 g/mol. The van der Waals surface area contributed by atoms with Crippen LogP contribution in [0.5, 0.6) is 0 Å². The van der Waals surface area contributed by atoms with Gasteiger partial charge in [-0.2, -0.15) is 5.17 Å². The minimum absolute atomic E-state index is 0.729. The highest BCUT2D eigenvalue weighted by Gasteiger charge is 2.07. The third kappa shape index (κ3) is 3.01. The van der Waals surface area contributed by atoms with Gasteiger partial charge in [-0.05, 0) is 18.6 Å². The Morgan fingerprint density at radius 3 is 2.29 bits per heavy atom. The number of benzene rings is 1. The summed E-state index contributed by atoms with van der Waals surface area (Å²) in [6, 6.07) is 10.0. The molecule has 0 saturated carbocycles. The standard InChI is InChI=1S/C11H18N2O/c1-4-10-14-13(12(2)3)11-8-6-5-7-9-11/h5-9H,4,10H2,1-3H3. The Labute approximate surface area is 85.8 Å². The van der Waals surface area contributed by atoms with Crippen LogP contribution in [0.2, 0.25) is 0 Å². The number of hydrogen-bond donors (Lipinski definition) is 0. The number of anilines is 1. The predicted molar refractivity (Wildman–Crippen MR) is 58.9 cm³/mol. The molecule has 3 nitrogen and oxygen atoms in total. The Bertz CT molecular complexity index is 249. The fourth-order valence-electron chi connectivity index (χ4n) is 1.15. The average Bonchev–Trinajstić information content (AvgIpc) is 2.19. The van der Waals surface area contributed by atoms with Crippen LogP contribution < -0.4 is 5.17 Å². The summed E-state index contributed by atoms with van der Waals surface area (Å²) in [5.41, 5.74) is 1.05. The van der Waals surface area contributed by atoms with Crippen LogP contribution in [-0.4, -0.2) is 25.7 Å². The molecule has 1 rings (SSSR count). The lowest BCUT2D eigenvalue weighted by molar-refractivity contribution is 0.0195. The van der Waals surface area contributed by atoms with Crippen LogP contribution >= 0.6 is 0 Å². The summed E-state index contributed by atoms with van der Waals surface area (Å²) in [7, 11) is 3.92. The molecule has 0 fully saturated rings. The lowest BCUT2D eigenvalue weighted by Gasteiger charge is -2.29. The van der Waals surface area contributed by atoms with Crippen LogP contribution in [0.1, 0.15) is 13.3 Å².